The van der Waals surface area contributed by atoms with E-state index in [1.807, 2.05) is 26.0 Å². The molecule has 0 unspecified atom stereocenters. The molecule has 0 aliphatic carbocycles. The number of nitrogens with zero attached hydrogens (tertiary/aromatic N) is 1. The quantitative estimate of drug-likeness (QED) is 0.621. The van der Waals surface area contributed by atoms with Crippen LogP contribution in [-0.4, -0.2) is 30.7 Å². The second kappa shape index (κ2) is 5.01. The number of likely N-dealkylation sites (tertiary alicyclic amines) is 1. The van der Waals surface area contributed by atoms with Crippen LogP contribution in [-0.2, 0) is 4.74 Å². The predicted octanol–water partition coefficient (Wildman–Crippen LogP) is 2.35. The summed E-state index contributed by atoms with van der Waals surface area (Å²) in [7, 11) is 0. The van der Waals surface area contributed by atoms with Gasteiger partial charge in [-0.3, -0.25) is 0 Å². The van der Waals surface area contributed by atoms with E-state index < -0.39 is 0 Å². The zero-order valence-corrected chi connectivity index (χ0v) is 9.12. The van der Waals surface area contributed by atoms with Gasteiger partial charge in [0.15, 0.2) is 0 Å². The molecule has 78 valence electrons. The molecular weight excluding hydrogens is 174 g/mol. The van der Waals surface area contributed by atoms with Crippen LogP contribution in [0.1, 0.15) is 13.8 Å². The normalized spacial score (nSPS) is 17.1. The summed E-state index contributed by atoms with van der Waals surface area (Å²) in [6.07, 6.45) is 4.39. The van der Waals surface area contributed by atoms with Gasteiger partial charge in [-0.1, -0.05) is 24.8 Å². The molecule has 0 amide bonds. The SMILES string of the molecule is C=C(C)/C=C\C(=C)N1CC(OCC)C1. The van der Waals surface area contributed by atoms with Crippen molar-refractivity contribution in [3.63, 3.8) is 0 Å². The van der Waals surface area contributed by atoms with Gasteiger partial charge in [0, 0.05) is 25.4 Å². The first-order chi connectivity index (χ1) is 6.63. The minimum absolute atomic E-state index is 0.398. The van der Waals surface area contributed by atoms with Crippen molar-refractivity contribution >= 4 is 0 Å². The van der Waals surface area contributed by atoms with Crippen LogP contribution in [0.4, 0.5) is 0 Å². The van der Waals surface area contributed by atoms with Gasteiger partial charge >= 0.3 is 0 Å². The molecule has 0 N–H and O–H groups in total. The van der Waals surface area contributed by atoms with E-state index in [9.17, 15) is 0 Å². The molecule has 0 spiro atoms. The van der Waals surface area contributed by atoms with Crippen LogP contribution in [0.15, 0.2) is 36.6 Å². The highest BCUT2D eigenvalue weighted by Gasteiger charge is 2.26. The fourth-order valence-electron chi connectivity index (χ4n) is 1.36. The first-order valence-electron chi connectivity index (χ1n) is 5.02. The Morgan fingerprint density at radius 3 is 2.57 bits per heavy atom. The Kier molecular flexibility index (Phi) is 3.96. The molecule has 1 aliphatic heterocycles. The van der Waals surface area contributed by atoms with Crippen molar-refractivity contribution in [2.45, 2.75) is 20.0 Å². The van der Waals surface area contributed by atoms with Crippen LogP contribution in [0.5, 0.6) is 0 Å². The van der Waals surface area contributed by atoms with Crippen LogP contribution >= 0.6 is 0 Å². The second-order valence-corrected chi connectivity index (χ2v) is 3.65. The van der Waals surface area contributed by atoms with Crippen molar-refractivity contribution in [2.75, 3.05) is 19.7 Å². The van der Waals surface area contributed by atoms with Crippen LogP contribution < -0.4 is 0 Å². The van der Waals surface area contributed by atoms with Gasteiger partial charge in [0.25, 0.3) is 0 Å². The summed E-state index contributed by atoms with van der Waals surface area (Å²) in [6, 6.07) is 0. The van der Waals surface area contributed by atoms with E-state index in [0.717, 1.165) is 31.0 Å². The number of rotatable bonds is 5. The van der Waals surface area contributed by atoms with Crippen molar-refractivity contribution in [3.05, 3.63) is 36.6 Å². The molecule has 0 atom stereocenters. The smallest absolute Gasteiger partial charge is 0.0924 e. The molecule has 0 saturated carbocycles. The van der Waals surface area contributed by atoms with Gasteiger partial charge in [-0.15, -0.1) is 0 Å². The fourth-order valence-corrected chi connectivity index (χ4v) is 1.36. The minimum atomic E-state index is 0.398. The second-order valence-electron chi connectivity index (χ2n) is 3.65. The molecule has 1 rings (SSSR count). The van der Waals surface area contributed by atoms with Crippen molar-refractivity contribution < 1.29 is 4.74 Å². The first kappa shape index (κ1) is 11.1. The van der Waals surface area contributed by atoms with Crippen molar-refractivity contribution in [1.82, 2.24) is 4.90 Å². The largest absolute Gasteiger partial charge is 0.375 e. The van der Waals surface area contributed by atoms with E-state index >= 15 is 0 Å². The number of ether oxygens (including phenoxy) is 1. The third-order valence-corrected chi connectivity index (χ3v) is 2.22. The van der Waals surface area contributed by atoms with E-state index in [1.165, 1.54) is 0 Å². The summed E-state index contributed by atoms with van der Waals surface area (Å²) >= 11 is 0. The van der Waals surface area contributed by atoms with Crippen molar-refractivity contribution in [2.24, 2.45) is 0 Å². The molecule has 0 radical (unpaired) electrons. The lowest BCUT2D eigenvalue weighted by Gasteiger charge is -2.40. The van der Waals surface area contributed by atoms with Crippen LogP contribution in [0.3, 0.4) is 0 Å². The minimum Gasteiger partial charge on any atom is -0.375 e. The summed E-state index contributed by atoms with van der Waals surface area (Å²) in [4.78, 5) is 2.21. The van der Waals surface area contributed by atoms with Gasteiger partial charge in [-0.2, -0.15) is 0 Å². The van der Waals surface area contributed by atoms with E-state index in [4.69, 9.17) is 4.74 Å². The third kappa shape index (κ3) is 3.04. The van der Waals surface area contributed by atoms with Crippen molar-refractivity contribution in [1.29, 1.82) is 0 Å². The lowest BCUT2D eigenvalue weighted by molar-refractivity contribution is -0.0322. The Morgan fingerprint density at radius 1 is 1.43 bits per heavy atom. The molecule has 2 nitrogen and oxygen atoms in total. The highest BCUT2D eigenvalue weighted by molar-refractivity contribution is 5.23. The molecule has 0 bridgehead atoms. The zero-order chi connectivity index (χ0) is 10.6. The Morgan fingerprint density at radius 2 is 2.07 bits per heavy atom. The molecular formula is C12H19NO. The Balaban J connectivity index is 2.26. The summed E-state index contributed by atoms with van der Waals surface area (Å²) in [5.74, 6) is 0. The third-order valence-electron chi connectivity index (χ3n) is 2.22. The monoisotopic (exact) mass is 193 g/mol. The van der Waals surface area contributed by atoms with E-state index in [0.29, 0.717) is 6.10 Å². The molecule has 0 aromatic heterocycles. The maximum atomic E-state index is 5.46. The Bertz CT molecular complexity index is 249. The average molecular weight is 193 g/mol. The van der Waals surface area contributed by atoms with E-state index in [1.54, 1.807) is 0 Å². The summed E-state index contributed by atoms with van der Waals surface area (Å²) < 4.78 is 5.46. The molecule has 1 saturated heterocycles. The highest BCUT2D eigenvalue weighted by atomic mass is 16.5. The average Bonchev–Trinajstić information content (AvgIpc) is 2.06. The molecule has 14 heavy (non-hydrogen) atoms. The zero-order valence-electron chi connectivity index (χ0n) is 9.12. The van der Waals surface area contributed by atoms with Gasteiger partial charge in [0.2, 0.25) is 0 Å². The molecule has 2 heteroatoms. The molecule has 1 aliphatic rings. The number of allylic oxidation sites excluding steroid dienone is 3. The first-order valence-corrected chi connectivity index (χ1v) is 5.02. The standard InChI is InChI=1S/C12H19NO/c1-5-14-12-8-13(9-12)11(4)7-6-10(2)3/h6-7,12H,2,4-5,8-9H2,1,3H3/b7-6-. The highest BCUT2D eigenvalue weighted by Crippen LogP contribution is 2.17. The summed E-state index contributed by atoms with van der Waals surface area (Å²) in [6.45, 7) is 14.5. The van der Waals surface area contributed by atoms with E-state index in [2.05, 4.69) is 18.1 Å². The maximum Gasteiger partial charge on any atom is 0.0924 e. The number of hydrogen-bond acceptors (Lipinski definition) is 2. The lowest BCUT2D eigenvalue weighted by Crippen LogP contribution is -2.50. The molecule has 1 fully saturated rings. The maximum absolute atomic E-state index is 5.46. The molecule has 0 aromatic carbocycles. The van der Waals surface area contributed by atoms with Crippen molar-refractivity contribution in [3.8, 4) is 0 Å². The Labute approximate surface area is 86.6 Å². The predicted molar refractivity (Wildman–Crippen MR) is 60.1 cm³/mol. The number of hydrogen-bond donors (Lipinski definition) is 0. The Hall–Kier alpha value is -1.02. The lowest BCUT2D eigenvalue weighted by atomic mass is 10.1. The fraction of sp³-hybridized carbons (Fsp3) is 0.500. The van der Waals surface area contributed by atoms with Crippen LogP contribution in [0.2, 0.25) is 0 Å². The van der Waals surface area contributed by atoms with Crippen LogP contribution in [0.25, 0.3) is 0 Å². The van der Waals surface area contributed by atoms with Crippen LogP contribution in [0, 0.1) is 0 Å². The topological polar surface area (TPSA) is 12.5 Å². The molecule has 1 heterocycles. The van der Waals surface area contributed by atoms with Gasteiger partial charge in [0.1, 0.15) is 0 Å². The summed E-state index contributed by atoms with van der Waals surface area (Å²) in [5.41, 5.74) is 2.09. The van der Waals surface area contributed by atoms with Gasteiger partial charge < -0.3 is 9.64 Å². The van der Waals surface area contributed by atoms with Gasteiger partial charge in [0.05, 0.1) is 6.10 Å². The van der Waals surface area contributed by atoms with Gasteiger partial charge in [-0.25, -0.2) is 0 Å². The van der Waals surface area contributed by atoms with E-state index in [-0.39, 0.29) is 0 Å². The molecule has 0 aromatic rings. The van der Waals surface area contributed by atoms with Gasteiger partial charge in [-0.05, 0) is 19.9 Å². The summed E-state index contributed by atoms with van der Waals surface area (Å²) in [5, 5.41) is 0.